The molecule has 0 aliphatic carbocycles. The number of hydrogen-bond acceptors (Lipinski definition) is 1. The first-order valence-corrected chi connectivity index (χ1v) is 4.27. The molecule has 0 spiro atoms. The molecule has 0 aliphatic heterocycles. The third-order valence-corrected chi connectivity index (χ3v) is 2.07. The van der Waals surface area contributed by atoms with Crippen molar-refractivity contribution in [3.63, 3.8) is 0 Å². The van der Waals surface area contributed by atoms with Crippen molar-refractivity contribution in [1.29, 1.82) is 0 Å². The minimum atomic E-state index is 0. The van der Waals surface area contributed by atoms with Gasteiger partial charge in [0.15, 0.2) is 0 Å². The fraction of sp³-hybridized carbons (Fsp3) is 0.182. The monoisotopic (exact) mass is 211 g/mol. The van der Waals surface area contributed by atoms with E-state index < -0.39 is 0 Å². The quantitative estimate of drug-likeness (QED) is 0.682. The van der Waals surface area contributed by atoms with Crippen LogP contribution in [0.25, 0.3) is 0 Å². The maximum absolute atomic E-state index is 4.26. The average molecular weight is 211 g/mol. The standard InChI is InChI=1S/C11H11N2.K.H/c1-13-8-7-12-11(13)9-10-5-3-2-4-6-10;;/h3-8H,9H2,1H3;;. The van der Waals surface area contributed by atoms with Gasteiger partial charge in [0.1, 0.15) is 5.82 Å². The van der Waals surface area contributed by atoms with E-state index in [4.69, 9.17) is 0 Å². The average Bonchev–Trinajstić information content (AvgIpc) is 2.54. The van der Waals surface area contributed by atoms with Crippen LogP contribution in [0.3, 0.4) is 0 Å². The van der Waals surface area contributed by atoms with E-state index in [1.54, 1.807) is 0 Å². The molecule has 0 fully saturated rings. The first-order valence-electron chi connectivity index (χ1n) is 4.27. The van der Waals surface area contributed by atoms with Crippen LogP contribution in [0.1, 0.15) is 11.4 Å². The summed E-state index contributed by atoms with van der Waals surface area (Å²) in [7, 11) is 2.01. The number of aromatic nitrogens is 2. The number of nitrogens with zero attached hydrogens (tertiary/aromatic N) is 2. The third kappa shape index (κ3) is 3.03. The van der Waals surface area contributed by atoms with Crippen LogP contribution in [0.15, 0.2) is 36.7 Å². The van der Waals surface area contributed by atoms with Crippen molar-refractivity contribution in [1.82, 2.24) is 9.55 Å². The summed E-state index contributed by atoms with van der Waals surface area (Å²) in [6.07, 6.45) is 4.67. The number of rotatable bonds is 2. The van der Waals surface area contributed by atoms with Gasteiger partial charge in [0.25, 0.3) is 0 Å². The van der Waals surface area contributed by atoms with E-state index in [1.807, 2.05) is 36.1 Å². The van der Waals surface area contributed by atoms with Crippen molar-refractivity contribution < 1.29 is 0 Å². The van der Waals surface area contributed by atoms with Crippen LogP contribution in [0.5, 0.6) is 0 Å². The molecule has 2 rings (SSSR count). The molecule has 67 valence electrons. The van der Waals surface area contributed by atoms with Crippen LogP contribution >= 0.6 is 0 Å². The number of benzene rings is 1. The van der Waals surface area contributed by atoms with E-state index in [1.165, 1.54) is 5.56 Å². The predicted octanol–water partition coefficient (Wildman–Crippen LogP) is 1.16. The number of imidazole rings is 1. The fourth-order valence-corrected chi connectivity index (χ4v) is 1.29. The second-order valence-corrected chi connectivity index (χ2v) is 3.04. The molecule has 0 saturated carbocycles. The third-order valence-electron chi connectivity index (χ3n) is 2.07. The summed E-state index contributed by atoms with van der Waals surface area (Å²) < 4.78 is 2.04. The zero-order valence-corrected chi connectivity index (χ0v) is 7.57. The van der Waals surface area contributed by atoms with E-state index in [0.29, 0.717) is 0 Å². The van der Waals surface area contributed by atoms with Gasteiger partial charge in [-0.25, -0.2) is 4.98 Å². The van der Waals surface area contributed by atoms with E-state index in [9.17, 15) is 0 Å². The van der Waals surface area contributed by atoms with Crippen LogP contribution in [0.2, 0.25) is 0 Å². The Hall–Kier alpha value is 0.0664. The Balaban J connectivity index is 0.000000980. The molecule has 1 radical (unpaired) electrons. The summed E-state index contributed by atoms with van der Waals surface area (Å²) in [6.45, 7) is 0. The van der Waals surface area contributed by atoms with Gasteiger partial charge in [-0.05, 0) is 11.6 Å². The van der Waals surface area contributed by atoms with Gasteiger partial charge in [0, 0.05) is 25.9 Å². The van der Waals surface area contributed by atoms with Gasteiger partial charge in [-0.15, -0.1) is 0 Å². The zero-order valence-electron chi connectivity index (χ0n) is 7.57. The van der Waals surface area contributed by atoms with E-state index in [0.717, 1.165) is 12.2 Å². The Bertz CT molecular complexity index is 381. The van der Waals surface area contributed by atoms with Crippen molar-refractivity contribution in [3.05, 3.63) is 54.1 Å². The molecule has 0 unspecified atom stereocenters. The molecule has 2 aromatic rings. The van der Waals surface area contributed by atoms with Gasteiger partial charge >= 0.3 is 51.4 Å². The fourth-order valence-electron chi connectivity index (χ4n) is 1.29. The van der Waals surface area contributed by atoms with Gasteiger partial charge in [-0.1, -0.05) is 24.3 Å². The molecule has 3 heteroatoms. The van der Waals surface area contributed by atoms with Gasteiger partial charge in [-0.3, -0.25) is 0 Å². The molecular weight excluding hydrogens is 199 g/mol. The molecular formula is C11H12KN2. The summed E-state index contributed by atoms with van der Waals surface area (Å²) in [5.41, 5.74) is 1.27. The topological polar surface area (TPSA) is 17.8 Å². The summed E-state index contributed by atoms with van der Waals surface area (Å²) >= 11 is 0. The summed E-state index contributed by atoms with van der Waals surface area (Å²) in [4.78, 5) is 4.26. The molecule has 1 aromatic heterocycles. The number of aryl methyl sites for hydroxylation is 1. The molecule has 0 aliphatic rings. The molecule has 0 atom stereocenters. The Labute approximate surface area is 127 Å². The van der Waals surface area contributed by atoms with Crippen molar-refractivity contribution in [2.24, 2.45) is 7.05 Å². The first kappa shape index (κ1) is 12.1. The van der Waals surface area contributed by atoms with Gasteiger partial charge < -0.3 is 4.57 Å². The zero-order chi connectivity index (χ0) is 9.10. The molecule has 0 saturated heterocycles. The summed E-state index contributed by atoms with van der Waals surface area (Å²) in [5.74, 6) is 1.09. The minimum absolute atomic E-state index is 0. The normalized spacial score (nSPS) is 9.50. The molecule has 0 amide bonds. The van der Waals surface area contributed by atoms with Crippen LogP contribution in [-0.4, -0.2) is 60.9 Å². The van der Waals surface area contributed by atoms with Crippen molar-refractivity contribution in [2.45, 2.75) is 6.42 Å². The molecule has 14 heavy (non-hydrogen) atoms. The Morgan fingerprint density at radius 2 is 2.07 bits per heavy atom. The molecule has 1 heterocycles. The Morgan fingerprint density at radius 3 is 2.64 bits per heavy atom. The van der Waals surface area contributed by atoms with E-state index >= 15 is 0 Å². The van der Waals surface area contributed by atoms with E-state index in [-0.39, 0.29) is 51.4 Å². The van der Waals surface area contributed by atoms with Crippen molar-refractivity contribution in [2.75, 3.05) is 0 Å². The first-order chi connectivity index (χ1) is 6.36. The van der Waals surface area contributed by atoms with Crippen LogP contribution in [0, 0.1) is 6.07 Å². The number of hydrogen-bond donors (Lipinski definition) is 0. The van der Waals surface area contributed by atoms with Crippen molar-refractivity contribution in [3.8, 4) is 0 Å². The second-order valence-electron chi connectivity index (χ2n) is 3.04. The summed E-state index contributed by atoms with van der Waals surface area (Å²) in [6, 6.07) is 11.0. The summed E-state index contributed by atoms with van der Waals surface area (Å²) in [5, 5.41) is 0. The van der Waals surface area contributed by atoms with Gasteiger partial charge in [0.2, 0.25) is 0 Å². The van der Waals surface area contributed by atoms with E-state index in [2.05, 4.69) is 23.2 Å². The van der Waals surface area contributed by atoms with Crippen molar-refractivity contribution >= 4 is 51.4 Å². The maximum atomic E-state index is 4.26. The molecule has 2 nitrogen and oxygen atoms in total. The van der Waals surface area contributed by atoms with Gasteiger partial charge in [0.05, 0.1) is 0 Å². The van der Waals surface area contributed by atoms with Crippen LogP contribution < -0.4 is 0 Å². The van der Waals surface area contributed by atoms with Crippen LogP contribution in [0.4, 0.5) is 0 Å². The SMILES string of the molecule is Cn1ccnc1Cc1cc[c]cc1.[KH]. The molecule has 1 aromatic carbocycles. The van der Waals surface area contributed by atoms with Crippen LogP contribution in [-0.2, 0) is 13.5 Å². The predicted molar refractivity (Wildman–Crippen MR) is 58.4 cm³/mol. The second kappa shape index (κ2) is 5.83. The van der Waals surface area contributed by atoms with Gasteiger partial charge in [-0.2, -0.15) is 0 Å². The molecule has 0 N–H and O–H groups in total. The molecule has 0 bridgehead atoms. The Kier molecular flexibility index (Phi) is 5.05. The Morgan fingerprint density at radius 1 is 1.36 bits per heavy atom.